The summed E-state index contributed by atoms with van der Waals surface area (Å²) in [5, 5.41) is 0. The molecule has 3 nitrogen and oxygen atoms in total. The second-order valence-corrected chi connectivity index (χ2v) is 5.33. The summed E-state index contributed by atoms with van der Waals surface area (Å²) in [4.78, 5) is 11.7. The lowest BCUT2D eigenvalue weighted by Crippen LogP contribution is -2.05. The normalized spacial score (nSPS) is 11.8. The van der Waals surface area contributed by atoms with E-state index in [1.54, 1.807) is 18.2 Å². The molecule has 0 fully saturated rings. The highest BCUT2D eigenvalue weighted by Crippen LogP contribution is 2.22. The maximum atomic E-state index is 11.7. The van der Waals surface area contributed by atoms with Crippen LogP contribution in [0.1, 0.15) is 47.7 Å². The van der Waals surface area contributed by atoms with Gasteiger partial charge in [-0.3, -0.25) is 0 Å². The zero-order chi connectivity index (χ0) is 15.9. The van der Waals surface area contributed by atoms with Crippen molar-refractivity contribution in [3.63, 3.8) is 0 Å². The van der Waals surface area contributed by atoms with Gasteiger partial charge < -0.3 is 9.47 Å². The molecule has 2 aromatic carbocycles. The van der Waals surface area contributed by atoms with Crippen LogP contribution in [0.3, 0.4) is 0 Å². The summed E-state index contributed by atoms with van der Waals surface area (Å²) in [6.45, 7) is 4.83. The molecule has 1 unspecified atom stereocenters. The highest BCUT2D eigenvalue weighted by molar-refractivity contribution is 5.92. The summed E-state index contributed by atoms with van der Waals surface area (Å²) in [5.41, 5.74) is 2.86. The number of methoxy groups -OCH3 is 1. The number of rotatable bonds is 6. The van der Waals surface area contributed by atoms with Crippen LogP contribution in [-0.2, 0) is 11.3 Å². The standard InChI is InChI=1S/C19H22O3/c1-4-14(2)16-11-9-15(10-12-16)13-22-18-8-6-5-7-17(18)19(20)21-3/h5-12,14H,4,13H2,1-3H3. The Hall–Kier alpha value is -2.29. The van der Waals surface area contributed by atoms with E-state index in [2.05, 4.69) is 38.1 Å². The molecule has 3 heteroatoms. The van der Waals surface area contributed by atoms with E-state index in [0.717, 1.165) is 12.0 Å². The van der Waals surface area contributed by atoms with Crippen LogP contribution in [0.2, 0.25) is 0 Å². The van der Waals surface area contributed by atoms with Crippen molar-refractivity contribution >= 4 is 5.97 Å². The second-order valence-electron chi connectivity index (χ2n) is 5.33. The van der Waals surface area contributed by atoms with E-state index in [0.29, 0.717) is 23.8 Å². The van der Waals surface area contributed by atoms with Gasteiger partial charge in [-0.05, 0) is 35.6 Å². The molecule has 0 aliphatic heterocycles. The Morgan fingerprint density at radius 3 is 2.41 bits per heavy atom. The van der Waals surface area contributed by atoms with Crippen molar-refractivity contribution in [3.8, 4) is 5.75 Å². The van der Waals surface area contributed by atoms with Gasteiger partial charge in [0.05, 0.1) is 7.11 Å². The Kier molecular flexibility index (Phi) is 5.59. The fourth-order valence-corrected chi connectivity index (χ4v) is 2.21. The van der Waals surface area contributed by atoms with E-state index in [-0.39, 0.29) is 5.97 Å². The first-order valence-electron chi connectivity index (χ1n) is 7.54. The number of hydrogen-bond donors (Lipinski definition) is 0. The van der Waals surface area contributed by atoms with Gasteiger partial charge in [0.1, 0.15) is 17.9 Å². The molecule has 116 valence electrons. The monoisotopic (exact) mass is 298 g/mol. The number of para-hydroxylation sites is 1. The maximum Gasteiger partial charge on any atom is 0.341 e. The predicted octanol–water partition coefficient (Wildman–Crippen LogP) is 4.57. The van der Waals surface area contributed by atoms with Crippen LogP contribution in [0.4, 0.5) is 0 Å². The van der Waals surface area contributed by atoms with Gasteiger partial charge >= 0.3 is 5.97 Å². The fraction of sp³-hybridized carbons (Fsp3) is 0.316. The molecule has 2 rings (SSSR count). The molecular weight excluding hydrogens is 276 g/mol. The van der Waals surface area contributed by atoms with E-state index in [1.807, 2.05) is 6.07 Å². The van der Waals surface area contributed by atoms with E-state index in [4.69, 9.17) is 9.47 Å². The lowest BCUT2D eigenvalue weighted by Gasteiger charge is -2.12. The van der Waals surface area contributed by atoms with E-state index in [9.17, 15) is 4.79 Å². The highest BCUT2D eigenvalue weighted by Gasteiger charge is 2.12. The van der Waals surface area contributed by atoms with Crippen LogP contribution in [0.15, 0.2) is 48.5 Å². The molecule has 0 aromatic heterocycles. The van der Waals surface area contributed by atoms with Crippen molar-refractivity contribution in [2.24, 2.45) is 0 Å². The van der Waals surface area contributed by atoms with Crippen molar-refractivity contribution in [2.75, 3.05) is 7.11 Å². The van der Waals surface area contributed by atoms with Gasteiger partial charge in [0.15, 0.2) is 0 Å². The number of hydrogen-bond acceptors (Lipinski definition) is 3. The van der Waals surface area contributed by atoms with Gasteiger partial charge in [-0.2, -0.15) is 0 Å². The highest BCUT2D eigenvalue weighted by atomic mass is 16.5. The minimum absolute atomic E-state index is 0.386. The Morgan fingerprint density at radius 1 is 1.09 bits per heavy atom. The van der Waals surface area contributed by atoms with Gasteiger partial charge in [-0.15, -0.1) is 0 Å². The second kappa shape index (κ2) is 7.64. The Morgan fingerprint density at radius 2 is 1.77 bits per heavy atom. The fourth-order valence-electron chi connectivity index (χ4n) is 2.21. The zero-order valence-corrected chi connectivity index (χ0v) is 13.3. The minimum atomic E-state index is -0.386. The average molecular weight is 298 g/mol. The predicted molar refractivity (Wildman–Crippen MR) is 87.3 cm³/mol. The number of benzene rings is 2. The van der Waals surface area contributed by atoms with Crippen LogP contribution in [0.5, 0.6) is 5.75 Å². The average Bonchev–Trinajstić information content (AvgIpc) is 2.59. The van der Waals surface area contributed by atoms with Crippen molar-refractivity contribution in [3.05, 3.63) is 65.2 Å². The topological polar surface area (TPSA) is 35.5 Å². The van der Waals surface area contributed by atoms with Crippen molar-refractivity contribution < 1.29 is 14.3 Å². The molecular formula is C19H22O3. The molecule has 0 N–H and O–H groups in total. The molecule has 0 aliphatic rings. The van der Waals surface area contributed by atoms with Crippen molar-refractivity contribution in [1.82, 2.24) is 0 Å². The van der Waals surface area contributed by atoms with E-state index in [1.165, 1.54) is 12.7 Å². The third kappa shape index (κ3) is 3.88. The van der Waals surface area contributed by atoms with Gasteiger partial charge in [-0.1, -0.05) is 50.2 Å². The quantitative estimate of drug-likeness (QED) is 0.733. The summed E-state index contributed by atoms with van der Waals surface area (Å²) < 4.78 is 10.5. The van der Waals surface area contributed by atoms with Crippen molar-refractivity contribution in [2.45, 2.75) is 32.8 Å². The molecule has 0 radical (unpaired) electrons. The molecule has 1 atom stereocenters. The molecule has 0 saturated carbocycles. The Labute approximate surface area is 131 Å². The minimum Gasteiger partial charge on any atom is -0.488 e. The summed E-state index contributed by atoms with van der Waals surface area (Å²) in [7, 11) is 1.37. The third-order valence-electron chi connectivity index (χ3n) is 3.85. The first-order valence-corrected chi connectivity index (χ1v) is 7.54. The third-order valence-corrected chi connectivity index (χ3v) is 3.85. The zero-order valence-electron chi connectivity index (χ0n) is 13.3. The lowest BCUT2D eigenvalue weighted by atomic mass is 9.98. The Bertz CT molecular complexity index is 617. The Balaban J connectivity index is 2.06. The summed E-state index contributed by atoms with van der Waals surface area (Å²) in [6.07, 6.45) is 1.13. The number of esters is 1. The molecule has 0 bridgehead atoms. The maximum absolute atomic E-state index is 11.7. The van der Waals surface area contributed by atoms with Crippen LogP contribution < -0.4 is 4.74 Å². The van der Waals surface area contributed by atoms with Gasteiger partial charge in [0.25, 0.3) is 0 Å². The number of carbonyl (C=O) groups excluding carboxylic acids is 1. The van der Waals surface area contributed by atoms with Gasteiger partial charge in [-0.25, -0.2) is 4.79 Å². The molecule has 0 heterocycles. The lowest BCUT2D eigenvalue weighted by molar-refractivity contribution is 0.0595. The first-order chi connectivity index (χ1) is 10.7. The largest absolute Gasteiger partial charge is 0.488 e. The van der Waals surface area contributed by atoms with E-state index < -0.39 is 0 Å². The van der Waals surface area contributed by atoms with E-state index >= 15 is 0 Å². The summed E-state index contributed by atoms with van der Waals surface area (Å²) in [5.74, 6) is 0.720. The van der Waals surface area contributed by atoms with Crippen LogP contribution in [-0.4, -0.2) is 13.1 Å². The first kappa shape index (κ1) is 16.1. The number of carbonyl (C=O) groups is 1. The van der Waals surface area contributed by atoms with Crippen molar-refractivity contribution in [1.29, 1.82) is 0 Å². The molecule has 0 aliphatic carbocycles. The molecule has 0 saturated heterocycles. The van der Waals surface area contributed by atoms with Crippen LogP contribution >= 0.6 is 0 Å². The van der Waals surface area contributed by atoms with Gasteiger partial charge in [0.2, 0.25) is 0 Å². The molecule has 22 heavy (non-hydrogen) atoms. The SMILES string of the molecule is CCC(C)c1ccc(COc2ccccc2C(=O)OC)cc1. The number of ether oxygens (including phenoxy) is 2. The summed E-state index contributed by atoms with van der Waals surface area (Å²) in [6, 6.07) is 15.5. The van der Waals surface area contributed by atoms with Gasteiger partial charge in [0, 0.05) is 0 Å². The molecule has 0 amide bonds. The molecule has 2 aromatic rings. The smallest absolute Gasteiger partial charge is 0.341 e. The molecule has 0 spiro atoms. The summed E-state index contributed by atoms with van der Waals surface area (Å²) >= 11 is 0. The van der Waals surface area contributed by atoms with Crippen LogP contribution in [0.25, 0.3) is 0 Å². The van der Waals surface area contributed by atoms with Crippen LogP contribution in [0, 0.1) is 0 Å².